The molecular formula is C26H27ClN2O4S. The fourth-order valence-corrected chi connectivity index (χ4v) is 4.55. The summed E-state index contributed by atoms with van der Waals surface area (Å²) in [6.45, 7) is 0.281. The van der Waals surface area contributed by atoms with E-state index in [1.54, 1.807) is 18.3 Å². The Bertz CT molecular complexity index is 1210. The van der Waals surface area contributed by atoms with E-state index in [-0.39, 0.29) is 17.4 Å². The van der Waals surface area contributed by atoms with E-state index in [9.17, 15) is 13.2 Å². The molecule has 0 aliphatic carbocycles. The minimum absolute atomic E-state index is 0.186. The molecule has 0 unspecified atom stereocenters. The molecule has 34 heavy (non-hydrogen) atoms. The number of pyridine rings is 1. The Labute approximate surface area is 205 Å². The van der Waals surface area contributed by atoms with Gasteiger partial charge in [-0.1, -0.05) is 48.0 Å². The first kappa shape index (κ1) is 25.6. The van der Waals surface area contributed by atoms with Gasteiger partial charge in [0.15, 0.2) is 0 Å². The molecule has 1 aromatic heterocycles. The smallest absolute Gasteiger partial charge is 0.305 e. The summed E-state index contributed by atoms with van der Waals surface area (Å²) >= 11 is 5.83. The van der Waals surface area contributed by atoms with Crippen LogP contribution < -0.4 is 4.72 Å². The number of hydrogen-bond donors (Lipinski definition) is 1. The number of esters is 1. The monoisotopic (exact) mass is 498 g/mol. The van der Waals surface area contributed by atoms with Gasteiger partial charge in [-0.3, -0.25) is 9.78 Å². The van der Waals surface area contributed by atoms with Crippen molar-refractivity contribution in [3.8, 4) is 0 Å². The third-order valence-electron chi connectivity index (χ3n) is 5.23. The maximum atomic E-state index is 12.4. The van der Waals surface area contributed by atoms with Gasteiger partial charge in [0.2, 0.25) is 10.0 Å². The summed E-state index contributed by atoms with van der Waals surface area (Å²) in [4.78, 5) is 15.8. The first-order valence-electron chi connectivity index (χ1n) is 10.9. The number of benzene rings is 2. The lowest BCUT2D eigenvalue weighted by molar-refractivity contribution is -0.140. The van der Waals surface area contributed by atoms with Crippen molar-refractivity contribution in [2.75, 3.05) is 13.7 Å². The van der Waals surface area contributed by atoms with E-state index in [2.05, 4.69) is 15.8 Å². The minimum atomic E-state index is -3.58. The van der Waals surface area contributed by atoms with Crippen molar-refractivity contribution in [3.63, 3.8) is 0 Å². The molecule has 0 bridgehead atoms. The number of methoxy groups -OCH3 is 1. The second-order valence-corrected chi connectivity index (χ2v) is 9.83. The van der Waals surface area contributed by atoms with E-state index in [1.807, 2.05) is 42.6 Å². The first-order valence-corrected chi connectivity index (χ1v) is 12.8. The van der Waals surface area contributed by atoms with Crippen LogP contribution in [-0.2, 0) is 26.0 Å². The Morgan fingerprint density at radius 3 is 2.44 bits per heavy atom. The van der Waals surface area contributed by atoms with Crippen LogP contribution in [-0.4, -0.2) is 33.0 Å². The van der Waals surface area contributed by atoms with Crippen LogP contribution in [0.2, 0.25) is 5.02 Å². The molecule has 0 amide bonds. The van der Waals surface area contributed by atoms with E-state index in [0.717, 1.165) is 28.7 Å². The summed E-state index contributed by atoms with van der Waals surface area (Å²) in [7, 11) is -2.19. The number of aromatic nitrogens is 1. The van der Waals surface area contributed by atoms with Crippen LogP contribution in [0.25, 0.3) is 5.57 Å². The van der Waals surface area contributed by atoms with E-state index in [4.69, 9.17) is 16.3 Å². The molecule has 1 N–H and O–H groups in total. The number of nitrogens with one attached hydrogen (secondary N) is 1. The topological polar surface area (TPSA) is 85.4 Å². The molecule has 0 radical (unpaired) electrons. The van der Waals surface area contributed by atoms with Gasteiger partial charge in [-0.15, -0.1) is 0 Å². The molecule has 3 aromatic rings. The SMILES string of the molecule is COC(=O)CCC/C=C(\c1ccc(CCNS(=O)(=O)c2ccc(Cl)cc2)cc1)c1cccnc1. The highest BCUT2D eigenvalue weighted by atomic mass is 35.5. The molecule has 1 heterocycles. The molecule has 0 saturated carbocycles. The van der Waals surface area contributed by atoms with E-state index in [0.29, 0.717) is 24.3 Å². The second kappa shape index (κ2) is 12.5. The predicted molar refractivity (Wildman–Crippen MR) is 134 cm³/mol. The van der Waals surface area contributed by atoms with Crippen LogP contribution >= 0.6 is 11.6 Å². The van der Waals surface area contributed by atoms with Gasteiger partial charge in [0.1, 0.15) is 0 Å². The number of ether oxygens (including phenoxy) is 1. The Morgan fingerprint density at radius 1 is 1.06 bits per heavy atom. The normalized spacial score (nSPS) is 11.9. The number of unbranched alkanes of at least 4 members (excludes halogenated alkanes) is 1. The fraction of sp³-hybridized carbons (Fsp3) is 0.231. The van der Waals surface area contributed by atoms with Crippen LogP contribution in [0.5, 0.6) is 0 Å². The third-order valence-corrected chi connectivity index (χ3v) is 6.96. The first-order chi connectivity index (χ1) is 16.4. The molecule has 0 atom stereocenters. The van der Waals surface area contributed by atoms with E-state index in [1.165, 1.54) is 19.2 Å². The molecule has 3 rings (SSSR count). The average Bonchev–Trinajstić information content (AvgIpc) is 2.85. The standard InChI is InChI=1S/C26H27ClN2O4S/c1-33-26(30)7-3-2-6-25(22-5-4-17-28-19-22)21-10-8-20(9-11-21)16-18-29-34(31,32)24-14-12-23(27)13-15-24/h4-6,8-15,17,19,29H,2-3,7,16,18H2,1H3/b25-6+. The Balaban J connectivity index is 1.65. The Hall–Kier alpha value is -3.00. The highest BCUT2D eigenvalue weighted by molar-refractivity contribution is 7.89. The molecule has 0 saturated heterocycles. The summed E-state index contributed by atoms with van der Waals surface area (Å²) in [5.74, 6) is -0.215. The number of sulfonamides is 1. The Kier molecular flexibility index (Phi) is 9.39. The molecule has 2 aromatic carbocycles. The van der Waals surface area contributed by atoms with Crippen LogP contribution in [0.1, 0.15) is 36.0 Å². The molecule has 8 heteroatoms. The molecule has 0 aliphatic rings. The lowest BCUT2D eigenvalue weighted by Crippen LogP contribution is -2.25. The zero-order valence-corrected chi connectivity index (χ0v) is 20.5. The number of halogens is 1. The summed E-state index contributed by atoms with van der Waals surface area (Å²) in [6.07, 6.45) is 8.00. The molecule has 0 aliphatic heterocycles. The van der Waals surface area contributed by atoms with Crippen molar-refractivity contribution in [1.29, 1.82) is 0 Å². The number of nitrogens with zero attached hydrogens (tertiary/aromatic N) is 1. The van der Waals surface area contributed by atoms with E-state index < -0.39 is 10.0 Å². The Morgan fingerprint density at radius 2 is 1.79 bits per heavy atom. The third kappa shape index (κ3) is 7.52. The number of carbonyl (C=O) groups is 1. The van der Waals surface area contributed by atoms with Gasteiger partial charge < -0.3 is 4.74 Å². The number of carbonyl (C=O) groups excluding carboxylic acids is 1. The van der Waals surface area contributed by atoms with Gasteiger partial charge in [0.25, 0.3) is 0 Å². The molecule has 0 spiro atoms. The quantitative estimate of drug-likeness (QED) is 0.296. The van der Waals surface area contributed by atoms with Gasteiger partial charge in [-0.2, -0.15) is 0 Å². The zero-order chi connectivity index (χ0) is 24.4. The van der Waals surface area contributed by atoms with Crippen LogP contribution in [0, 0.1) is 0 Å². The van der Waals surface area contributed by atoms with Gasteiger partial charge in [-0.05, 0) is 66.3 Å². The van der Waals surface area contributed by atoms with Gasteiger partial charge in [-0.25, -0.2) is 13.1 Å². The van der Waals surface area contributed by atoms with E-state index >= 15 is 0 Å². The summed E-state index contributed by atoms with van der Waals surface area (Å²) < 4.78 is 32.2. The molecule has 6 nitrogen and oxygen atoms in total. The highest BCUT2D eigenvalue weighted by Gasteiger charge is 2.13. The van der Waals surface area contributed by atoms with Gasteiger partial charge in [0.05, 0.1) is 12.0 Å². The second-order valence-electron chi connectivity index (χ2n) is 7.63. The number of allylic oxidation sites excluding steroid dienone is 1. The zero-order valence-electron chi connectivity index (χ0n) is 18.9. The molecular weight excluding hydrogens is 472 g/mol. The lowest BCUT2D eigenvalue weighted by Gasteiger charge is -2.11. The maximum Gasteiger partial charge on any atom is 0.305 e. The van der Waals surface area contributed by atoms with Crippen LogP contribution in [0.4, 0.5) is 0 Å². The van der Waals surface area contributed by atoms with Gasteiger partial charge >= 0.3 is 5.97 Å². The van der Waals surface area contributed by atoms with Crippen molar-refractivity contribution in [2.24, 2.45) is 0 Å². The highest BCUT2D eigenvalue weighted by Crippen LogP contribution is 2.24. The van der Waals surface area contributed by atoms with Gasteiger partial charge in [0, 0.05) is 35.9 Å². The predicted octanol–water partition coefficient (Wildman–Crippen LogP) is 5.03. The van der Waals surface area contributed by atoms with Crippen molar-refractivity contribution >= 4 is 33.2 Å². The lowest BCUT2D eigenvalue weighted by atomic mass is 9.96. The van der Waals surface area contributed by atoms with Crippen molar-refractivity contribution in [3.05, 3.63) is 101 Å². The average molecular weight is 499 g/mol. The van der Waals surface area contributed by atoms with Crippen LogP contribution in [0.3, 0.4) is 0 Å². The summed E-state index contributed by atoms with van der Waals surface area (Å²) in [5.41, 5.74) is 4.06. The fourth-order valence-electron chi connectivity index (χ4n) is 3.40. The number of rotatable bonds is 11. The number of hydrogen-bond acceptors (Lipinski definition) is 5. The molecule has 0 fully saturated rings. The van der Waals surface area contributed by atoms with Crippen molar-refractivity contribution in [2.45, 2.75) is 30.6 Å². The van der Waals surface area contributed by atoms with Crippen LogP contribution in [0.15, 0.2) is 84.0 Å². The molecule has 178 valence electrons. The maximum absolute atomic E-state index is 12.4. The summed E-state index contributed by atoms with van der Waals surface area (Å²) in [6, 6.07) is 18.0. The minimum Gasteiger partial charge on any atom is -0.469 e. The van der Waals surface area contributed by atoms with Crippen molar-refractivity contribution in [1.82, 2.24) is 9.71 Å². The largest absolute Gasteiger partial charge is 0.469 e. The van der Waals surface area contributed by atoms with Crippen molar-refractivity contribution < 1.29 is 17.9 Å². The summed E-state index contributed by atoms with van der Waals surface area (Å²) in [5, 5.41) is 0.488.